The SMILES string of the molecule is CC(C)(C)N(Cc1ccccc1)C1CO1. The summed E-state index contributed by atoms with van der Waals surface area (Å²) < 4.78 is 5.40. The van der Waals surface area contributed by atoms with Crippen LogP contribution >= 0.6 is 0 Å². The van der Waals surface area contributed by atoms with Gasteiger partial charge in [-0.1, -0.05) is 30.3 Å². The molecule has 1 unspecified atom stereocenters. The highest BCUT2D eigenvalue weighted by Crippen LogP contribution is 2.27. The number of epoxide rings is 1. The topological polar surface area (TPSA) is 15.8 Å². The minimum Gasteiger partial charge on any atom is -0.357 e. The predicted molar refractivity (Wildman–Crippen MR) is 61.5 cm³/mol. The van der Waals surface area contributed by atoms with Crippen molar-refractivity contribution in [3.05, 3.63) is 35.9 Å². The van der Waals surface area contributed by atoms with Gasteiger partial charge in [0, 0.05) is 12.1 Å². The minimum absolute atomic E-state index is 0.164. The Bertz CT molecular complexity index is 311. The van der Waals surface area contributed by atoms with E-state index in [0.717, 1.165) is 13.2 Å². The number of benzene rings is 1. The number of hydrogen-bond acceptors (Lipinski definition) is 2. The molecule has 0 saturated carbocycles. The molecule has 1 aromatic carbocycles. The molecule has 82 valence electrons. The van der Waals surface area contributed by atoms with E-state index >= 15 is 0 Å². The zero-order chi connectivity index (χ0) is 10.9. The molecule has 0 radical (unpaired) electrons. The number of ether oxygens (including phenoxy) is 1. The second kappa shape index (κ2) is 3.95. The largest absolute Gasteiger partial charge is 0.357 e. The van der Waals surface area contributed by atoms with Gasteiger partial charge in [-0.3, -0.25) is 4.90 Å². The van der Waals surface area contributed by atoms with Crippen LogP contribution in [0.3, 0.4) is 0 Å². The molecule has 1 fully saturated rings. The third kappa shape index (κ3) is 2.80. The summed E-state index contributed by atoms with van der Waals surface area (Å²) in [7, 11) is 0. The van der Waals surface area contributed by atoms with Crippen LogP contribution in [0.5, 0.6) is 0 Å². The first kappa shape index (κ1) is 10.7. The van der Waals surface area contributed by atoms with Gasteiger partial charge in [0.2, 0.25) is 0 Å². The van der Waals surface area contributed by atoms with E-state index in [1.165, 1.54) is 5.56 Å². The van der Waals surface area contributed by atoms with E-state index in [1.807, 2.05) is 0 Å². The van der Waals surface area contributed by atoms with Crippen LogP contribution in [-0.4, -0.2) is 23.3 Å². The molecular weight excluding hydrogens is 186 g/mol. The average Bonchev–Trinajstić information content (AvgIpc) is 2.97. The molecule has 1 saturated heterocycles. The summed E-state index contributed by atoms with van der Waals surface area (Å²) in [5.74, 6) is 0. The quantitative estimate of drug-likeness (QED) is 0.705. The summed E-state index contributed by atoms with van der Waals surface area (Å²) in [6.45, 7) is 8.55. The Morgan fingerprint density at radius 3 is 2.33 bits per heavy atom. The summed E-state index contributed by atoms with van der Waals surface area (Å²) in [6, 6.07) is 10.6. The second-order valence-electron chi connectivity index (χ2n) is 5.07. The van der Waals surface area contributed by atoms with Crippen molar-refractivity contribution in [3.8, 4) is 0 Å². The fourth-order valence-electron chi connectivity index (χ4n) is 1.77. The van der Waals surface area contributed by atoms with Gasteiger partial charge in [0.25, 0.3) is 0 Å². The zero-order valence-corrected chi connectivity index (χ0v) is 9.73. The molecule has 1 aliphatic heterocycles. The van der Waals surface area contributed by atoms with Crippen LogP contribution in [0.2, 0.25) is 0 Å². The molecule has 1 aliphatic rings. The van der Waals surface area contributed by atoms with E-state index in [4.69, 9.17) is 4.74 Å². The van der Waals surface area contributed by atoms with Crippen LogP contribution in [0.4, 0.5) is 0 Å². The van der Waals surface area contributed by atoms with Gasteiger partial charge in [-0.2, -0.15) is 0 Å². The molecule has 2 nitrogen and oxygen atoms in total. The normalized spacial score (nSPS) is 20.7. The highest BCUT2D eigenvalue weighted by Gasteiger charge is 2.37. The molecule has 1 heterocycles. The van der Waals surface area contributed by atoms with Crippen molar-refractivity contribution in [3.63, 3.8) is 0 Å². The van der Waals surface area contributed by atoms with Gasteiger partial charge in [0.1, 0.15) is 6.23 Å². The highest BCUT2D eigenvalue weighted by atomic mass is 16.6. The fraction of sp³-hybridized carbons (Fsp3) is 0.538. The third-order valence-electron chi connectivity index (χ3n) is 2.72. The first-order valence-electron chi connectivity index (χ1n) is 5.49. The molecule has 2 heteroatoms. The lowest BCUT2D eigenvalue weighted by atomic mass is 10.0. The van der Waals surface area contributed by atoms with Crippen molar-refractivity contribution in [2.24, 2.45) is 0 Å². The molecule has 0 bridgehead atoms. The Labute approximate surface area is 91.9 Å². The fourth-order valence-corrected chi connectivity index (χ4v) is 1.77. The molecule has 15 heavy (non-hydrogen) atoms. The Morgan fingerprint density at radius 1 is 1.27 bits per heavy atom. The molecule has 1 atom stereocenters. The van der Waals surface area contributed by atoms with Crippen molar-refractivity contribution in [2.75, 3.05) is 6.61 Å². The minimum atomic E-state index is 0.164. The van der Waals surface area contributed by atoms with Crippen molar-refractivity contribution >= 4 is 0 Å². The predicted octanol–water partition coefficient (Wildman–Crippen LogP) is 2.64. The first-order chi connectivity index (χ1) is 7.07. The lowest BCUT2D eigenvalue weighted by Crippen LogP contribution is -2.42. The Morgan fingerprint density at radius 2 is 1.87 bits per heavy atom. The Balaban J connectivity index is 2.07. The van der Waals surface area contributed by atoms with Crippen LogP contribution in [0.15, 0.2) is 30.3 Å². The van der Waals surface area contributed by atoms with E-state index in [0.29, 0.717) is 6.23 Å². The molecule has 0 amide bonds. The van der Waals surface area contributed by atoms with Crippen LogP contribution in [0, 0.1) is 0 Å². The summed E-state index contributed by atoms with van der Waals surface area (Å²) in [4.78, 5) is 2.41. The second-order valence-corrected chi connectivity index (χ2v) is 5.07. The van der Waals surface area contributed by atoms with E-state index in [1.54, 1.807) is 0 Å². The van der Waals surface area contributed by atoms with Crippen molar-refractivity contribution in [1.82, 2.24) is 4.90 Å². The standard InChI is InChI=1S/C13H19NO/c1-13(2,3)14(12-10-15-12)9-11-7-5-4-6-8-11/h4-8,12H,9-10H2,1-3H3. The highest BCUT2D eigenvalue weighted by molar-refractivity contribution is 5.15. The number of rotatable bonds is 3. The Hall–Kier alpha value is -0.860. The van der Waals surface area contributed by atoms with Crippen molar-refractivity contribution < 1.29 is 4.74 Å². The molecule has 0 aromatic heterocycles. The van der Waals surface area contributed by atoms with Gasteiger partial charge < -0.3 is 4.74 Å². The van der Waals surface area contributed by atoms with Crippen LogP contribution < -0.4 is 0 Å². The van der Waals surface area contributed by atoms with Crippen molar-refractivity contribution in [2.45, 2.75) is 39.1 Å². The smallest absolute Gasteiger partial charge is 0.135 e. The van der Waals surface area contributed by atoms with E-state index < -0.39 is 0 Å². The van der Waals surface area contributed by atoms with Gasteiger partial charge in [-0.15, -0.1) is 0 Å². The third-order valence-corrected chi connectivity index (χ3v) is 2.72. The maximum Gasteiger partial charge on any atom is 0.135 e. The van der Waals surface area contributed by atoms with Crippen LogP contribution in [0.1, 0.15) is 26.3 Å². The monoisotopic (exact) mass is 205 g/mol. The maximum atomic E-state index is 5.40. The van der Waals surface area contributed by atoms with Gasteiger partial charge in [-0.25, -0.2) is 0 Å². The first-order valence-corrected chi connectivity index (χ1v) is 5.49. The van der Waals surface area contributed by atoms with E-state index in [2.05, 4.69) is 56.0 Å². The maximum absolute atomic E-state index is 5.40. The van der Waals surface area contributed by atoms with Crippen molar-refractivity contribution in [1.29, 1.82) is 0 Å². The summed E-state index contributed by atoms with van der Waals surface area (Å²) in [6.07, 6.45) is 0.324. The van der Waals surface area contributed by atoms with Gasteiger partial charge >= 0.3 is 0 Å². The van der Waals surface area contributed by atoms with Crippen LogP contribution in [-0.2, 0) is 11.3 Å². The number of hydrogen-bond donors (Lipinski definition) is 0. The van der Waals surface area contributed by atoms with Crippen LogP contribution in [0.25, 0.3) is 0 Å². The molecule has 1 aromatic rings. The summed E-state index contributed by atoms with van der Waals surface area (Å²) >= 11 is 0. The zero-order valence-electron chi connectivity index (χ0n) is 9.73. The van der Waals surface area contributed by atoms with Gasteiger partial charge in [-0.05, 0) is 26.3 Å². The van der Waals surface area contributed by atoms with E-state index in [9.17, 15) is 0 Å². The average molecular weight is 205 g/mol. The molecule has 0 aliphatic carbocycles. The lowest BCUT2D eigenvalue weighted by molar-refractivity contribution is 0.0684. The summed E-state index contributed by atoms with van der Waals surface area (Å²) in [5.41, 5.74) is 1.51. The molecule has 0 N–H and O–H groups in total. The van der Waals surface area contributed by atoms with Gasteiger partial charge in [0.05, 0.1) is 6.61 Å². The van der Waals surface area contributed by atoms with Gasteiger partial charge in [0.15, 0.2) is 0 Å². The summed E-state index contributed by atoms with van der Waals surface area (Å²) in [5, 5.41) is 0. The molecule has 2 rings (SSSR count). The number of nitrogens with zero attached hydrogens (tertiary/aromatic N) is 1. The lowest BCUT2D eigenvalue weighted by Gasteiger charge is -2.34. The van der Waals surface area contributed by atoms with E-state index in [-0.39, 0.29) is 5.54 Å². The Kier molecular flexibility index (Phi) is 2.81. The molecular formula is C13H19NO. The molecule has 0 spiro atoms.